The number of anilines is 1. The molecule has 17 heteroatoms. The van der Waals surface area contributed by atoms with Crippen LogP contribution < -0.4 is 16.4 Å². The molecule has 3 heterocycles. The standard InChI is InChI=1S/C14H16N6O3S2.O3S.2H2S/c1-6-16-8(5-24-6)14(2)10(12(22)19-14)18-11(21)9(20-23-3)7-4-25-13(15)17-7;1-4(2)3;;/h4-5,10H,1-3H3,(H2,15,17)(H,18,21)(H,19,22);;2*1H2/b20-9+;;;/t10-,14-;;;/m1.../s1. The van der Waals surface area contributed by atoms with Gasteiger partial charge in [-0.15, -0.1) is 35.3 Å². The van der Waals surface area contributed by atoms with E-state index in [1.807, 2.05) is 19.2 Å². The van der Waals surface area contributed by atoms with Crippen LogP contribution in [0.15, 0.2) is 15.9 Å². The number of nitrogens with one attached hydrogen (secondary N) is 2. The molecular formula is C14H20N6O6S5. The van der Waals surface area contributed by atoms with Gasteiger partial charge < -0.3 is 21.2 Å². The van der Waals surface area contributed by atoms with Crippen molar-refractivity contribution < 1.29 is 27.1 Å². The zero-order valence-corrected chi connectivity index (χ0v) is 20.8. The molecule has 0 unspecified atom stereocenters. The number of hydrogen-bond acceptors (Lipinski definition) is 12. The minimum Gasteiger partial charge on any atom is -0.398 e. The number of hydrogen-bond donors (Lipinski definition) is 3. The highest BCUT2D eigenvalue weighted by Crippen LogP contribution is 2.32. The molecule has 1 fully saturated rings. The first-order valence-electron chi connectivity index (χ1n) is 7.73. The number of amides is 2. The van der Waals surface area contributed by atoms with E-state index in [1.165, 1.54) is 29.8 Å². The molecule has 31 heavy (non-hydrogen) atoms. The first-order valence-corrected chi connectivity index (χ1v) is 10.5. The Kier molecular flexibility index (Phi) is 11.1. The summed E-state index contributed by atoms with van der Waals surface area (Å²) in [6.07, 6.45) is 0. The summed E-state index contributed by atoms with van der Waals surface area (Å²) >= 11 is 2.65. The van der Waals surface area contributed by atoms with E-state index in [9.17, 15) is 9.59 Å². The number of nitrogens with two attached hydrogens (primary N) is 1. The van der Waals surface area contributed by atoms with Crippen LogP contribution in [0.4, 0.5) is 5.13 Å². The predicted octanol–water partition coefficient (Wildman–Crippen LogP) is -0.408. The first kappa shape index (κ1) is 28.8. The Labute approximate surface area is 200 Å². The second-order valence-corrected chi connectivity index (χ2v) is 8.11. The molecule has 2 amide bonds. The van der Waals surface area contributed by atoms with Gasteiger partial charge in [0.1, 0.15) is 24.4 Å². The number of oxime groups is 1. The van der Waals surface area contributed by atoms with Crippen LogP contribution in [0, 0.1) is 6.92 Å². The number of nitrogens with zero attached hydrogens (tertiary/aromatic N) is 3. The summed E-state index contributed by atoms with van der Waals surface area (Å²) < 4.78 is 25.3. The lowest BCUT2D eigenvalue weighted by molar-refractivity contribution is -0.140. The average Bonchev–Trinajstić information content (AvgIpc) is 3.25. The van der Waals surface area contributed by atoms with Crippen LogP contribution >= 0.6 is 49.7 Å². The van der Waals surface area contributed by atoms with E-state index >= 15 is 0 Å². The molecule has 2 aromatic rings. The molecule has 1 aliphatic heterocycles. The third kappa shape index (κ3) is 6.89. The molecular weight excluding hydrogens is 509 g/mol. The molecule has 2 aromatic heterocycles. The third-order valence-corrected chi connectivity index (χ3v) is 5.26. The molecule has 0 saturated carbocycles. The highest BCUT2D eigenvalue weighted by atomic mass is 32.2. The van der Waals surface area contributed by atoms with Gasteiger partial charge in [-0.25, -0.2) is 9.97 Å². The molecule has 1 saturated heterocycles. The van der Waals surface area contributed by atoms with Crippen LogP contribution in [0.2, 0.25) is 0 Å². The van der Waals surface area contributed by atoms with E-state index in [0.717, 1.165) is 5.01 Å². The van der Waals surface area contributed by atoms with Crippen LogP contribution in [0.3, 0.4) is 0 Å². The van der Waals surface area contributed by atoms with E-state index in [0.29, 0.717) is 10.8 Å². The SMILES string of the molecule is CO/N=C(/C(=O)N[C@@H]1C(=O)N[C@]1(C)c1csc(C)n1)c1csc(N)n1.O=S(=O)=O.S.S. The van der Waals surface area contributed by atoms with Crippen molar-refractivity contribution >= 4 is 82.9 Å². The topological polar surface area (TPSA) is 183 Å². The summed E-state index contributed by atoms with van der Waals surface area (Å²) in [5.74, 6) is -0.874. The summed E-state index contributed by atoms with van der Waals surface area (Å²) in [7, 11) is -1.79. The Hall–Kier alpha value is -2.21. The van der Waals surface area contributed by atoms with Gasteiger partial charge in [-0.1, -0.05) is 5.16 Å². The molecule has 0 spiro atoms. The second-order valence-electron chi connectivity index (χ2n) is 5.75. The smallest absolute Gasteiger partial charge is 0.398 e. The maximum Gasteiger partial charge on any atom is 0.425 e. The summed E-state index contributed by atoms with van der Waals surface area (Å²) in [5.41, 5.74) is 5.76. The number of thiazole rings is 2. The molecule has 12 nitrogen and oxygen atoms in total. The van der Waals surface area contributed by atoms with Crippen LogP contribution in [0.25, 0.3) is 0 Å². The summed E-state index contributed by atoms with van der Waals surface area (Å²) in [6, 6.07) is -0.778. The Morgan fingerprint density at radius 2 is 1.90 bits per heavy atom. The number of carbonyl (C=O) groups excluding carboxylic acids is 2. The van der Waals surface area contributed by atoms with Crippen molar-refractivity contribution in [3.63, 3.8) is 0 Å². The van der Waals surface area contributed by atoms with Gasteiger partial charge in [0.15, 0.2) is 10.8 Å². The van der Waals surface area contributed by atoms with Crippen molar-refractivity contribution in [3.8, 4) is 0 Å². The van der Waals surface area contributed by atoms with E-state index in [1.54, 1.807) is 5.38 Å². The number of β-lactam (4-membered cyclic amide) rings is 1. The minimum absolute atomic E-state index is 0. The van der Waals surface area contributed by atoms with Gasteiger partial charge in [0.05, 0.1) is 10.7 Å². The molecule has 4 N–H and O–H groups in total. The van der Waals surface area contributed by atoms with Crippen molar-refractivity contribution in [3.05, 3.63) is 27.2 Å². The van der Waals surface area contributed by atoms with Gasteiger partial charge in [-0.05, 0) is 13.8 Å². The third-order valence-electron chi connectivity index (χ3n) is 3.81. The van der Waals surface area contributed by atoms with Gasteiger partial charge in [-0.2, -0.15) is 27.0 Å². The number of nitrogen functional groups attached to an aromatic ring is 1. The molecule has 3 rings (SSSR count). The highest BCUT2D eigenvalue weighted by molar-refractivity contribution is 7.59. The van der Waals surface area contributed by atoms with Crippen LogP contribution in [0.5, 0.6) is 0 Å². The lowest BCUT2D eigenvalue weighted by Gasteiger charge is -2.45. The number of carbonyl (C=O) groups is 2. The molecule has 0 radical (unpaired) electrons. The lowest BCUT2D eigenvalue weighted by atomic mass is 9.80. The fourth-order valence-corrected chi connectivity index (χ4v) is 3.78. The van der Waals surface area contributed by atoms with E-state index < -0.39 is 28.1 Å². The summed E-state index contributed by atoms with van der Waals surface area (Å²) in [4.78, 5) is 37.8. The Morgan fingerprint density at radius 3 is 2.32 bits per heavy atom. The predicted molar refractivity (Wildman–Crippen MR) is 125 cm³/mol. The van der Waals surface area contributed by atoms with Gasteiger partial charge in [-0.3, -0.25) is 9.59 Å². The maximum absolute atomic E-state index is 12.6. The Balaban J connectivity index is 0.00000138. The molecule has 0 aliphatic carbocycles. The van der Waals surface area contributed by atoms with Crippen LogP contribution in [-0.4, -0.2) is 53.3 Å². The van der Waals surface area contributed by atoms with E-state index in [2.05, 4.69) is 25.8 Å². The molecule has 0 aromatic carbocycles. The van der Waals surface area contributed by atoms with Crippen molar-refractivity contribution in [2.45, 2.75) is 25.4 Å². The first-order chi connectivity index (χ1) is 13.6. The van der Waals surface area contributed by atoms with Gasteiger partial charge in [0.25, 0.3) is 5.91 Å². The van der Waals surface area contributed by atoms with Crippen molar-refractivity contribution in [1.82, 2.24) is 20.6 Å². The molecule has 1 aliphatic rings. The largest absolute Gasteiger partial charge is 0.425 e. The average molecular weight is 529 g/mol. The maximum atomic E-state index is 12.6. The lowest BCUT2D eigenvalue weighted by Crippen LogP contribution is -2.75. The molecule has 172 valence electrons. The quantitative estimate of drug-likeness (QED) is 0.264. The molecule has 2 atom stereocenters. The fraction of sp³-hybridized carbons (Fsp3) is 0.357. The second kappa shape index (κ2) is 12.0. The van der Waals surface area contributed by atoms with Crippen molar-refractivity contribution in [1.29, 1.82) is 0 Å². The Bertz CT molecular complexity index is 1060. The van der Waals surface area contributed by atoms with Gasteiger partial charge >= 0.3 is 10.6 Å². The van der Waals surface area contributed by atoms with Gasteiger partial charge in [0, 0.05) is 10.8 Å². The summed E-state index contributed by atoms with van der Waals surface area (Å²) in [5, 5.41) is 13.8. The summed E-state index contributed by atoms with van der Waals surface area (Å²) in [6.45, 7) is 3.68. The van der Waals surface area contributed by atoms with E-state index in [-0.39, 0.29) is 44.3 Å². The number of aromatic nitrogens is 2. The van der Waals surface area contributed by atoms with Crippen LogP contribution in [-0.2, 0) is 30.6 Å². The minimum atomic E-state index is -3.11. The van der Waals surface area contributed by atoms with E-state index in [4.69, 9.17) is 23.2 Å². The van der Waals surface area contributed by atoms with Gasteiger partial charge in [0.2, 0.25) is 5.91 Å². The normalized spacial score (nSPS) is 19.3. The van der Waals surface area contributed by atoms with Crippen LogP contribution in [0.1, 0.15) is 23.3 Å². The monoisotopic (exact) mass is 528 g/mol. The highest BCUT2D eigenvalue weighted by Gasteiger charge is 2.53. The van der Waals surface area contributed by atoms with Crippen molar-refractivity contribution in [2.75, 3.05) is 12.8 Å². The zero-order valence-electron chi connectivity index (χ0n) is 16.3. The number of aryl methyl sites for hydroxylation is 1. The Morgan fingerprint density at radius 1 is 1.29 bits per heavy atom. The molecule has 0 bridgehead atoms. The number of rotatable bonds is 5. The fourth-order valence-electron chi connectivity index (χ4n) is 2.50. The van der Waals surface area contributed by atoms with Crippen molar-refractivity contribution in [2.24, 2.45) is 5.16 Å². The zero-order chi connectivity index (χ0) is 21.8.